The smallest absolute Gasteiger partial charge is 0.226 e. The van der Waals surface area contributed by atoms with E-state index in [1.807, 2.05) is 18.2 Å². The third-order valence-electron chi connectivity index (χ3n) is 4.39. The van der Waals surface area contributed by atoms with E-state index in [1.54, 1.807) is 7.11 Å². The maximum atomic E-state index is 11.9. The summed E-state index contributed by atoms with van der Waals surface area (Å²) < 4.78 is 11.2. The number of rotatable bonds is 13. The molecule has 0 fully saturated rings. The summed E-state index contributed by atoms with van der Waals surface area (Å²) >= 11 is 5.22. The van der Waals surface area contributed by atoms with E-state index in [0.717, 1.165) is 30.6 Å². The van der Waals surface area contributed by atoms with Crippen molar-refractivity contribution in [2.45, 2.75) is 72.3 Å². The molecule has 0 radical (unpaired) electrons. The van der Waals surface area contributed by atoms with Crippen molar-refractivity contribution >= 4 is 23.2 Å². The van der Waals surface area contributed by atoms with Gasteiger partial charge in [-0.15, -0.1) is 0 Å². The molecule has 0 aliphatic rings. The van der Waals surface area contributed by atoms with Gasteiger partial charge in [-0.2, -0.15) is 0 Å². The Morgan fingerprint density at radius 1 is 1.14 bits per heavy atom. The molecule has 0 spiro atoms. The number of ether oxygens (including phenoxy) is 2. The lowest BCUT2D eigenvalue weighted by atomic mass is 10.1. The van der Waals surface area contributed by atoms with Crippen molar-refractivity contribution in [2.75, 3.05) is 13.7 Å². The summed E-state index contributed by atoms with van der Waals surface area (Å²) in [6.45, 7) is 7.70. The van der Waals surface area contributed by atoms with Crippen molar-refractivity contribution in [3.8, 4) is 11.5 Å². The average Bonchev–Trinajstić information content (AvgIpc) is 2.66. The van der Waals surface area contributed by atoms with Gasteiger partial charge in [0.05, 0.1) is 13.7 Å². The molecule has 5 nitrogen and oxygen atoms in total. The van der Waals surface area contributed by atoms with E-state index in [0.29, 0.717) is 36.4 Å². The standard InChI is InChI=1S/C22H36N2O3S/c1-5-6-7-8-9-10-21(25)24-22(28)23-16-18-11-12-19(20(15-18)26-4)27-14-13-17(2)3/h11-12,15,17H,5-10,13-14,16H2,1-4H3,(H2,23,24,25,28). The van der Waals surface area contributed by atoms with Gasteiger partial charge in [-0.1, -0.05) is 52.5 Å². The molecule has 0 bridgehead atoms. The molecular weight excluding hydrogens is 372 g/mol. The van der Waals surface area contributed by atoms with E-state index in [-0.39, 0.29) is 5.91 Å². The van der Waals surface area contributed by atoms with Gasteiger partial charge in [0.1, 0.15) is 0 Å². The lowest BCUT2D eigenvalue weighted by molar-refractivity contribution is -0.119. The first kappa shape index (κ1) is 24.2. The van der Waals surface area contributed by atoms with Gasteiger partial charge in [0.15, 0.2) is 16.6 Å². The van der Waals surface area contributed by atoms with Crippen molar-refractivity contribution in [1.29, 1.82) is 0 Å². The van der Waals surface area contributed by atoms with Crippen LogP contribution in [0.4, 0.5) is 0 Å². The number of unbranched alkanes of at least 4 members (excludes halogenated alkanes) is 4. The molecule has 1 rings (SSSR count). The molecule has 1 aromatic carbocycles. The van der Waals surface area contributed by atoms with E-state index >= 15 is 0 Å². The highest BCUT2D eigenvalue weighted by molar-refractivity contribution is 7.80. The Morgan fingerprint density at radius 3 is 2.57 bits per heavy atom. The second-order valence-electron chi connectivity index (χ2n) is 7.41. The first-order chi connectivity index (χ1) is 13.5. The Morgan fingerprint density at radius 2 is 1.89 bits per heavy atom. The largest absolute Gasteiger partial charge is 0.493 e. The number of carbonyl (C=O) groups excluding carboxylic acids is 1. The van der Waals surface area contributed by atoms with Crippen LogP contribution in [-0.4, -0.2) is 24.7 Å². The van der Waals surface area contributed by atoms with E-state index in [9.17, 15) is 4.79 Å². The molecule has 0 aliphatic carbocycles. The SMILES string of the molecule is CCCCCCCC(=O)NC(=S)NCc1ccc(OCCC(C)C)c(OC)c1. The van der Waals surface area contributed by atoms with E-state index < -0.39 is 0 Å². The first-order valence-electron chi connectivity index (χ1n) is 10.3. The lowest BCUT2D eigenvalue weighted by Crippen LogP contribution is -2.38. The summed E-state index contributed by atoms with van der Waals surface area (Å²) in [4.78, 5) is 11.9. The lowest BCUT2D eigenvalue weighted by Gasteiger charge is -2.14. The van der Waals surface area contributed by atoms with Gasteiger partial charge < -0.3 is 20.1 Å². The Balaban J connectivity index is 2.38. The van der Waals surface area contributed by atoms with Crippen LogP contribution in [0.5, 0.6) is 11.5 Å². The van der Waals surface area contributed by atoms with Gasteiger partial charge in [-0.05, 0) is 48.7 Å². The Bertz CT molecular complexity index is 605. The van der Waals surface area contributed by atoms with Crippen molar-refractivity contribution in [3.05, 3.63) is 23.8 Å². The number of carbonyl (C=O) groups is 1. The average molecular weight is 409 g/mol. The van der Waals surface area contributed by atoms with Crippen LogP contribution in [0.15, 0.2) is 18.2 Å². The highest BCUT2D eigenvalue weighted by Gasteiger charge is 2.08. The molecule has 0 aromatic heterocycles. The van der Waals surface area contributed by atoms with Crippen LogP contribution < -0.4 is 20.1 Å². The van der Waals surface area contributed by atoms with Crippen LogP contribution in [0.1, 0.15) is 71.3 Å². The molecule has 0 atom stereocenters. The Hall–Kier alpha value is -1.82. The van der Waals surface area contributed by atoms with Crippen LogP contribution in [0.2, 0.25) is 0 Å². The normalized spacial score (nSPS) is 10.6. The first-order valence-corrected chi connectivity index (χ1v) is 10.7. The molecule has 28 heavy (non-hydrogen) atoms. The fraction of sp³-hybridized carbons (Fsp3) is 0.636. The van der Waals surface area contributed by atoms with Crippen LogP contribution in [-0.2, 0) is 11.3 Å². The fourth-order valence-electron chi connectivity index (χ4n) is 2.65. The maximum absolute atomic E-state index is 11.9. The molecule has 0 unspecified atom stereocenters. The third kappa shape index (κ3) is 10.5. The van der Waals surface area contributed by atoms with Crippen molar-refractivity contribution in [1.82, 2.24) is 10.6 Å². The van der Waals surface area contributed by atoms with Crippen LogP contribution in [0.3, 0.4) is 0 Å². The van der Waals surface area contributed by atoms with Crippen molar-refractivity contribution in [3.63, 3.8) is 0 Å². The molecule has 2 N–H and O–H groups in total. The van der Waals surface area contributed by atoms with E-state index in [1.165, 1.54) is 19.3 Å². The second-order valence-corrected chi connectivity index (χ2v) is 7.82. The summed E-state index contributed by atoms with van der Waals surface area (Å²) in [5.74, 6) is 2.01. The predicted molar refractivity (Wildman–Crippen MR) is 119 cm³/mol. The highest BCUT2D eigenvalue weighted by atomic mass is 32.1. The molecule has 1 aromatic rings. The van der Waals surface area contributed by atoms with Crippen molar-refractivity contribution in [2.24, 2.45) is 5.92 Å². The highest BCUT2D eigenvalue weighted by Crippen LogP contribution is 2.28. The number of methoxy groups -OCH3 is 1. The Labute approximate surface area is 175 Å². The number of thiocarbonyl (C=S) groups is 1. The quantitative estimate of drug-likeness (QED) is 0.356. The molecule has 0 saturated carbocycles. The summed E-state index contributed by atoms with van der Waals surface area (Å²) in [5, 5.41) is 6.17. The molecular formula is C22H36N2O3S. The fourth-order valence-corrected chi connectivity index (χ4v) is 2.84. The van der Waals surface area contributed by atoms with E-state index in [2.05, 4.69) is 31.4 Å². The Kier molecular flexibility index (Phi) is 12.3. The van der Waals surface area contributed by atoms with Gasteiger partial charge in [-0.3, -0.25) is 4.79 Å². The molecule has 0 saturated heterocycles. The third-order valence-corrected chi connectivity index (χ3v) is 4.64. The maximum Gasteiger partial charge on any atom is 0.226 e. The molecule has 0 aliphatic heterocycles. The van der Waals surface area contributed by atoms with Crippen LogP contribution in [0.25, 0.3) is 0 Å². The van der Waals surface area contributed by atoms with Crippen molar-refractivity contribution < 1.29 is 14.3 Å². The summed E-state index contributed by atoms with van der Waals surface area (Å²) in [6.07, 6.45) is 7.13. The zero-order valence-corrected chi connectivity index (χ0v) is 18.6. The second kappa shape index (κ2) is 14.2. The number of nitrogens with one attached hydrogen (secondary N) is 2. The summed E-state index contributed by atoms with van der Waals surface area (Å²) in [5.41, 5.74) is 1.00. The molecule has 158 valence electrons. The van der Waals surface area contributed by atoms with Crippen LogP contribution >= 0.6 is 12.2 Å². The summed E-state index contributed by atoms with van der Waals surface area (Å²) in [6, 6.07) is 5.81. The monoisotopic (exact) mass is 408 g/mol. The van der Waals surface area contributed by atoms with Gasteiger partial charge in [0, 0.05) is 13.0 Å². The minimum absolute atomic E-state index is 0.0273. The summed E-state index contributed by atoms with van der Waals surface area (Å²) in [7, 11) is 1.63. The van der Waals surface area contributed by atoms with Gasteiger partial charge >= 0.3 is 0 Å². The number of hydrogen-bond donors (Lipinski definition) is 2. The minimum Gasteiger partial charge on any atom is -0.493 e. The zero-order valence-electron chi connectivity index (χ0n) is 17.8. The number of hydrogen-bond acceptors (Lipinski definition) is 4. The number of benzene rings is 1. The van der Waals surface area contributed by atoms with Crippen LogP contribution in [0, 0.1) is 5.92 Å². The molecule has 0 heterocycles. The minimum atomic E-state index is -0.0273. The molecule has 6 heteroatoms. The van der Waals surface area contributed by atoms with Gasteiger partial charge in [0.2, 0.25) is 5.91 Å². The van der Waals surface area contributed by atoms with E-state index in [4.69, 9.17) is 21.7 Å². The number of amides is 1. The zero-order chi connectivity index (χ0) is 20.8. The predicted octanol–water partition coefficient (Wildman–Crippen LogP) is 4.97. The molecule has 1 amide bonds. The topological polar surface area (TPSA) is 59.6 Å². The van der Waals surface area contributed by atoms with Gasteiger partial charge in [-0.25, -0.2) is 0 Å². The van der Waals surface area contributed by atoms with Gasteiger partial charge in [0.25, 0.3) is 0 Å².